The number of nitrogens with two attached hydrogens (primary N) is 1. The van der Waals surface area contributed by atoms with Gasteiger partial charge >= 0.3 is 11.4 Å². The molecule has 258 valence electrons. The minimum atomic E-state index is -0.301. The molecule has 0 saturated carbocycles. The summed E-state index contributed by atoms with van der Waals surface area (Å²) >= 11 is 11.8. The number of imidazole rings is 2. The molecule has 8 rings (SSSR count). The van der Waals surface area contributed by atoms with Crippen LogP contribution in [0.15, 0.2) is 70.8 Å². The second-order valence-electron chi connectivity index (χ2n) is 12.5. The summed E-state index contributed by atoms with van der Waals surface area (Å²) in [4.78, 5) is 67.5. The highest BCUT2D eigenvalue weighted by molar-refractivity contribution is 6.30. The first-order valence-corrected chi connectivity index (χ1v) is 17.2. The Hall–Kier alpha value is -5.05. The molecule has 4 aromatic heterocycles. The molecule has 0 radical (unpaired) electrons. The molecule has 16 heteroatoms. The van der Waals surface area contributed by atoms with Crippen LogP contribution in [0.25, 0.3) is 22.3 Å². The number of ketones is 1. The highest BCUT2D eigenvalue weighted by Gasteiger charge is 2.29. The van der Waals surface area contributed by atoms with Crippen molar-refractivity contribution in [2.75, 3.05) is 36.0 Å². The first kappa shape index (κ1) is 33.4. The molecule has 1 atom stereocenters. The summed E-state index contributed by atoms with van der Waals surface area (Å²) in [6.07, 6.45) is 6.32. The van der Waals surface area contributed by atoms with Gasteiger partial charge in [-0.25, -0.2) is 29.5 Å². The van der Waals surface area contributed by atoms with Crippen LogP contribution in [0.1, 0.15) is 47.6 Å². The molecule has 6 heterocycles. The molecule has 0 aliphatic carbocycles. The van der Waals surface area contributed by atoms with Gasteiger partial charge in [0.2, 0.25) is 0 Å². The Morgan fingerprint density at radius 1 is 0.680 bits per heavy atom. The number of Topliss-reactive ketones (excluding diaryl/α,β-unsaturated/α-hetero) is 1. The lowest BCUT2D eigenvalue weighted by molar-refractivity contribution is 0.0900. The number of nitrogens with zero attached hydrogens (tertiary/aromatic N) is 6. The lowest BCUT2D eigenvalue weighted by atomic mass is 9.86. The number of carbonyl (C=O) groups is 1. The summed E-state index contributed by atoms with van der Waals surface area (Å²) in [6, 6.07) is 14.8. The third-order valence-electron chi connectivity index (χ3n) is 9.49. The Bertz CT molecular complexity index is 2210. The van der Waals surface area contributed by atoms with E-state index in [0.717, 1.165) is 55.2 Å². The van der Waals surface area contributed by atoms with Crippen molar-refractivity contribution < 1.29 is 4.79 Å². The average Bonchev–Trinajstić information content (AvgIpc) is 3.73. The number of aromatic nitrogens is 8. The fourth-order valence-electron chi connectivity index (χ4n) is 6.79. The molecule has 1 unspecified atom stereocenters. The highest BCUT2D eigenvalue weighted by Crippen LogP contribution is 2.32. The van der Waals surface area contributed by atoms with Crippen LogP contribution >= 0.6 is 23.2 Å². The summed E-state index contributed by atoms with van der Waals surface area (Å²) in [5.41, 5.74) is 10.00. The Kier molecular flexibility index (Phi) is 9.65. The zero-order valence-corrected chi connectivity index (χ0v) is 28.4. The number of hydrogen-bond acceptors (Lipinski definition) is 10. The van der Waals surface area contributed by atoms with E-state index >= 15 is 0 Å². The van der Waals surface area contributed by atoms with Gasteiger partial charge in [-0.3, -0.25) is 14.8 Å². The summed E-state index contributed by atoms with van der Waals surface area (Å²) in [5, 5.41) is 1.35. The van der Waals surface area contributed by atoms with Crippen LogP contribution in [0, 0.1) is 11.8 Å². The van der Waals surface area contributed by atoms with Crippen molar-refractivity contribution in [3.05, 3.63) is 103 Å². The van der Waals surface area contributed by atoms with Gasteiger partial charge in [-0.05, 0) is 73.6 Å². The van der Waals surface area contributed by atoms with Crippen LogP contribution in [-0.2, 0) is 0 Å². The second kappa shape index (κ2) is 14.4. The fraction of sp³-hybridized carbons (Fsp3) is 0.324. The van der Waals surface area contributed by atoms with Crippen LogP contribution in [0.2, 0.25) is 10.0 Å². The Labute approximate surface area is 295 Å². The van der Waals surface area contributed by atoms with E-state index < -0.39 is 0 Å². The van der Waals surface area contributed by atoms with Crippen molar-refractivity contribution in [2.24, 2.45) is 17.6 Å². The molecule has 2 saturated heterocycles. The van der Waals surface area contributed by atoms with E-state index in [4.69, 9.17) is 28.9 Å². The van der Waals surface area contributed by atoms with Crippen molar-refractivity contribution in [1.29, 1.82) is 0 Å². The van der Waals surface area contributed by atoms with E-state index in [1.54, 1.807) is 24.3 Å². The number of anilines is 2. The first-order valence-electron chi connectivity index (χ1n) is 16.4. The van der Waals surface area contributed by atoms with Crippen LogP contribution in [-0.4, -0.2) is 71.8 Å². The number of nitrogens with one attached hydrogen (secondary N) is 4. The third-order valence-corrected chi connectivity index (χ3v) is 10.00. The molecule has 2 fully saturated rings. The van der Waals surface area contributed by atoms with Crippen molar-refractivity contribution in [3.8, 4) is 0 Å². The zero-order valence-electron chi connectivity index (χ0n) is 26.9. The Morgan fingerprint density at radius 2 is 1.14 bits per heavy atom. The first-order chi connectivity index (χ1) is 24.2. The van der Waals surface area contributed by atoms with E-state index in [0.29, 0.717) is 57.7 Å². The number of piperidine rings is 2. The number of benzene rings is 2. The second-order valence-corrected chi connectivity index (χ2v) is 13.4. The maximum absolute atomic E-state index is 12.6. The van der Waals surface area contributed by atoms with Crippen LogP contribution in [0.3, 0.4) is 0 Å². The lowest BCUT2D eigenvalue weighted by Gasteiger charge is -2.35. The molecule has 2 aliphatic heterocycles. The third kappa shape index (κ3) is 7.13. The summed E-state index contributed by atoms with van der Waals surface area (Å²) in [6.45, 7) is 3.07. The fourth-order valence-corrected chi connectivity index (χ4v) is 7.04. The number of halogens is 2. The molecule has 6 N–H and O–H groups in total. The maximum Gasteiger partial charge on any atom is 0.325 e. The minimum Gasteiger partial charge on any atom is -0.355 e. The topological polar surface area (TPSA) is 198 Å². The summed E-state index contributed by atoms with van der Waals surface area (Å²) in [5.74, 6) is 2.00. The van der Waals surface area contributed by atoms with Gasteiger partial charge < -0.3 is 25.5 Å². The Balaban J connectivity index is 0.000000157. The van der Waals surface area contributed by atoms with Crippen molar-refractivity contribution in [1.82, 2.24) is 39.9 Å². The molecule has 6 aromatic rings. The number of aromatic amines is 4. The van der Waals surface area contributed by atoms with Gasteiger partial charge in [0.1, 0.15) is 23.7 Å². The predicted octanol–water partition coefficient (Wildman–Crippen LogP) is 4.61. The van der Waals surface area contributed by atoms with E-state index in [9.17, 15) is 14.4 Å². The summed E-state index contributed by atoms with van der Waals surface area (Å²) in [7, 11) is 0. The molecule has 2 aromatic carbocycles. The largest absolute Gasteiger partial charge is 0.355 e. The van der Waals surface area contributed by atoms with Gasteiger partial charge in [0.15, 0.2) is 28.7 Å². The number of carbonyl (C=O) groups excluding carboxylic acids is 1. The van der Waals surface area contributed by atoms with Crippen LogP contribution in [0.4, 0.5) is 11.6 Å². The van der Waals surface area contributed by atoms with Crippen LogP contribution < -0.4 is 26.9 Å². The normalized spacial score (nSPS) is 16.4. The van der Waals surface area contributed by atoms with Crippen molar-refractivity contribution in [3.63, 3.8) is 0 Å². The zero-order chi connectivity index (χ0) is 34.8. The number of fused-ring (bicyclic) bond motifs is 2. The standard InChI is InChI=1S/C17H19ClN6O.C17H16ClN5O2/c18-12-3-1-10(2-4-12)13(19)11-5-7-24(8-6-11)16-14-15(20-9-21-16)23-17(25)22-14;18-12-3-1-10(2-4-12)14(24)11-5-7-23(8-6-11)16-13-15(19-9-20-16)22-17(25)21-13/h1-4,9,11,13H,5-8,19H2,(H2,20,21,22,23,25);1-4,9,11H,5-8H2,(H2,19,20,21,22,25). The molecule has 50 heavy (non-hydrogen) atoms. The highest BCUT2D eigenvalue weighted by atomic mass is 35.5. The van der Waals surface area contributed by atoms with Crippen molar-refractivity contribution in [2.45, 2.75) is 31.7 Å². The molecule has 0 spiro atoms. The van der Waals surface area contributed by atoms with Gasteiger partial charge in [-0.2, -0.15) is 0 Å². The average molecular weight is 717 g/mol. The predicted molar refractivity (Wildman–Crippen MR) is 193 cm³/mol. The maximum atomic E-state index is 12.6. The number of H-pyrrole nitrogens is 4. The minimum absolute atomic E-state index is 0.00287. The van der Waals surface area contributed by atoms with Gasteiger partial charge in [-0.1, -0.05) is 35.3 Å². The number of rotatable bonds is 6. The molecule has 2 aliphatic rings. The molecule has 0 amide bonds. The van der Waals surface area contributed by atoms with Crippen molar-refractivity contribution >= 4 is 62.9 Å². The van der Waals surface area contributed by atoms with E-state index in [2.05, 4.69) is 49.7 Å². The summed E-state index contributed by atoms with van der Waals surface area (Å²) < 4.78 is 0. The molecule has 14 nitrogen and oxygen atoms in total. The van der Waals surface area contributed by atoms with E-state index in [-0.39, 0.29) is 29.1 Å². The SMILES string of the molecule is NC(c1ccc(Cl)cc1)C1CCN(c2ncnc3[nH]c(=O)[nH]c23)CC1.O=C(c1ccc(Cl)cc1)C1CCN(c2ncnc3[nH]c(=O)[nH]c23)CC1. The monoisotopic (exact) mass is 715 g/mol. The Morgan fingerprint density at radius 3 is 1.64 bits per heavy atom. The molecular formula is C34H35Cl2N11O3. The number of hydrogen-bond donors (Lipinski definition) is 5. The van der Waals surface area contributed by atoms with E-state index in [1.807, 2.05) is 24.3 Å². The van der Waals surface area contributed by atoms with Gasteiger partial charge in [0, 0.05) is 53.7 Å². The lowest BCUT2D eigenvalue weighted by Crippen LogP contribution is -2.38. The quantitative estimate of drug-likeness (QED) is 0.152. The smallest absolute Gasteiger partial charge is 0.325 e. The molecule has 0 bridgehead atoms. The van der Waals surface area contributed by atoms with Gasteiger partial charge in [0.25, 0.3) is 0 Å². The van der Waals surface area contributed by atoms with Crippen LogP contribution in [0.5, 0.6) is 0 Å². The molecular weight excluding hydrogens is 681 g/mol. The van der Waals surface area contributed by atoms with Gasteiger partial charge in [0.05, 0.1) is 0 Å². The van der Waals surface area contributed by atoms with E-state index in [1.165, 1.54) is 12.7 Å². The van der Waals surface area contributed by atoms with Gasteiger partial charge in [-0.15, -0.1) is 0 Å².